The number of methoxy groups -OCH3 is 1. The molecule has 0 radical (unpaired) electrons. The van der Waals surface area contributed by atoms with E-state index in [9.17, 15) is 24.2 Å². The number of carbonyl (C=O) groups is 2. The van der Waals surface area contributed by atoms with Crippen LogP contribution in [0.1, 0.15) is 5.56 Å². The normalized spacial score (nSPS) is 9.75. The maximum absolute atomic E-state index is 13.0. The Morgan fingerprint density at radius 3 is 2.20 bits per heavy atom. The van der Waals surface area contributed by atoms with E-state index in [1.165, 1.54) is 31.4 Å². The molecule has 0 aliphatic rings. The van der Waals surface area contributed by atoms with E-state index in [0.717, 1.165) is 12.1 Å². The summed E-state index contributed by atoms with van der Waals surface area (Å²) in [4.78, 5) is 23.6. The number of carbonyl (C=O) groups excluding carboxylic acids is 2. The Kier molecular flexibility index (Phi) is 10.3. The van der Waals surface area contributed by atoms with Crippen molar-refractivity contribution in [3.05, 3.63) is 101 Å². The van der Waals surface area contributed by atoms with Crippen LogP contribution in [-0.2, 0) is 0 Å². The summed E-state index contributed by atoms with van der Waals surface area (Å²) >= 11 is 3.28. The van der Waals surface area contributed by atoms with Crippen molar-refractivity contribution in [3.63, 3.8) is 0 Å². The molecule has 0 saturated carbocycles. The summed E-state index contributed by atoms with van der Waals surface area (Å²) in [7, 11) is 1.54. The number of nitrogens with zero attached hydrogens (tertiary/aromatic N) is 1. The van der Waals surface area contributed by atoms with Crippen molar-refractivity contribution < 1.29 is 28.9 Å². The Labute approximate surface area is 237 Å². The molecular formula is C28H23BrFN5O5. The first kappa shape index (κ1) is 29.3. The van der Waals surface area contributed by atoms with Crippen LogP contribution < -0.4 is 26.0 Å². The molecule has 4 amide bonds. The monoisotopic (exact) mass is 607 g/mol. The molecule has 0 fully saturated rings. The minimum Gasteiger partial charge on any atom is -0.506 e. The number of aromatic hydroxyl groups is 2. The highest BCUT2D eigenvalue weighted by Gasteiger charge is 2.10. The largest absolute Gasteiger partial charge is 0.506 e. The highest BCUT2D eigenvalue weighted by molar-refractivity contribution is 9.10. The van der Waals surface area contributed by atoms with Crippen molar-refractivity contribution in [2.45, 2.75) is 0 Å². The standard InChI is InChI=1S/C15H13N3O3.C13H10BrFN2O2/c1-21-12-4-2-3-11(8-12)17-15(20)18-13-6-5-10(9-16)7-14(13)19;14-9-3-1-2-4-10(9)16-13(19)17-11-7-8(15)5-6-12(11)18/h2-8,19H,1H3,(H2,17,18,20);1-7,18H,(H2,16,17,19). The Morgan fingerprint density at radius 1 is 0.800 bits per heavy atom. The Bertz CT molecular complexity index is 1560. The van der Waals surface area contributed by atoms with Gasteiger partial charge in [0.15, 0.2) is 0 Å². The second-order valence-corrected chi connectivity index (χ2v) is 8.73. The van der Waals surface area contributed by atoms with Crippen LogP contribution in [0.2, 0.25) is 0 Å². The zero-order valence-electron chi connectivity index (χ0n) is 20.9. The number of rotatable bonds is 5. The summed E-state index contributed by atoms with van der Waals surface area (Å²) in [5.74, 6) is -0.304. The van der Waals surface area contributed by atoms with Crippen LogP contribution in [0.25, 0.3) is 0 Å². The van der Waals surface area contributed by atoms with Gasteiger partial charge in [0.05, 0.1) is 35.8 Å². The van der Waals surface area contributed by atoms with E-state index >= 15 is 0 Å². The van der Waals surface area contributed by atoms with E-state index in [0.29, 0.717) is 27.2 Å². The lowest BCUT2D eigenvalue weighted by Gasteiger charge is -2.10. The Morgan fingerprint density at radius 2 is 1.50 bits per heavy atom. The molecule has 204 valence electrons. The van der Waals surface area contributed by atoms with Crippen molar-refractivity contribution in [1.82, 2.24) is 0 Å². The number of phenolic OH excluding ortho intramolecular Hbond substituents is 2. The molecule has 12 heteroatoms. The van der Waals surface area contributed by atoms with Crippen molar-refractivity contribution in [3.8, 4) is 23.3 Å². The zero-order valence-corrected chi connectivity index (χ0v) is 22.5. The number of urea groups is 2. The van der Waals surface area contributed by atoms with Crippen LogP contribution in [0.15, 0.2) is 89.4 Å². The van der Waals surface area contributed by atoms with E-state index in [-0.39, 0.29) is 22.9 Å². The molecule has 0 spiro atoms. The first-order valence-corrected chi connectivity index (χ1v) is 12.2. The van der Waals surface area contributed by atoms with Crippen LogP contribution in [-0.4, -0.2) is 29.4 Å². The Balaban J connectivity index is 0.000000222. The van der Waals surface area contributed by atoms with E-state index in [4.69, 9.17) is 10.00 Å². The summed E-state index contributed by atoms with van der Waals surface area (Å²) < 4.78 is 18.8. The van der Waals surface area contributed by atoms with Crippen molar-refractivity contribution in [2.24, 2.45) is 0 Å². The zero-order chi connectivity index (χ0) is 29.1. The molecule has 40 heavy (non-hydrogen) atoms. The molecule has 4 rings (SSSR count). The number of nitriles is 1. The van der Waals surface area contributed by atoms with Gasteiger partial charge in [0, 0.05) is 22.3 Å². The number of amides is 4. The lowest BCUT2D eigenvalue weighted by atomic mass is 10.2. The van der Waals surface area contributed by atoms with Gasteiger partial charge in [-0.05, 0) is 70.5 Å². The smallest absolute Gasteiger partial charge is 0.323 e. The minimum absolute atomic E-state index is 0.00422. The maximum atomic E-state index is 13.0. The van der Waals surface area contributed by atoms with Crippen LogP contribution in [0.5, 0.6) is 17.2 Å². The number of ether oxygens (including phenoxy) is 1. The van der Waals surface area contributed by atoms with Gasteiger partial charge in [0.25, 0.3) is 0 Å². The quantitative estimate of drug-likeness (QED) is 0.136. The first-order valence-electron chi connectivity index (χ1n) is 11.4. The molecule has 0 saturated heterocycles. The SMILES string of the molecule is COc1cccc(NC(=O)Nc2ccc(C#N)cc2O)c1.O=C(Nc1cc(F)ccc1O)Nc1ccccc1Br. The average molecular weight is 608 g/mol. The molecule has 4 aromatic carbocycles. The number of anilines is 4. The van der Waals surface area contributed by atoms with E-state index in [2.05, 4.69) is 37.2 Å². The average Bonchev–Trinajstić information content (AvgIpc) is 2.93. The fourth-order valence-corrected chi connectivity index (χ4v) is 3.52. The number of benzene rings is 4. The van der Waals surface area contributed by atoms with Gasteiger partial charge in [-0.15, -0.1) is 0 Å². The molecule has 0 bridgehead atoms. The molecule has 6 N–H and O–H groups in total. The van der Waals surface area contributed by atoms with Crippen LogP contribution in [0, 0.1) is 17.1 Å². The second-order valence-electron chi connectivity index (χ2n) is 7.88. The van der Waals surface area contributed by atoms with Crippen LogP contribution in [0.4, 0.5) is 36.7 Å². The van der Waals surface area contributed by atoms with Crippen LogP contribution in [0.3, 0.4) is 0 Å². The summed E-state index contributed by atoms with van der Waals surface area (Å²) in [5, 5.41) is 38.0. The third-order valence-electron chi connectivity index (χ3n) is 5.03. The second kappa shape index (κ2) is 14.0. The summed E-state index contributed by atoms with van der Waals surface area (Å²) in [6.45, 7) is 0. The predicted octanol–water partition coefficient (Wildman–Crippen LogP) is 6.85. The highest BCUT2D eigenvalue weighted by Crippen LogP contribution is 2.26. The molecule has 0 aliphatic heterocycles. The molecule has 0 heterocycles. The van der Waals surface area contributed by atoms with E-state index in [1.54, 1.807) is 42.5 Å². The van der Waals surface area contributed by atoms with Gasteiger partial charge in [0.2, 0.25) is 0 Å². The van der Waals surface area contributed by atoms with E-state index < -0.39 is 17.9 Å². The minimum atomic E-state index is -0.576. The maximum Gasteiger partial charge on any atom is 0.323 e. The summed E-state index contributed by atoms with van der Waals surface area (Å²) in [6.07, 6.45) is 0. The number of halogens is 2. The van der Waals surface area contributed by atoms with Gasteiger partial charge in [-0.3, -0.25) is 0 Å². The molecule has 0 atom stereocenters. The fourth-order valence-electron chi connectivity index (χ4n) is 3.14. The molecule has 0 unspecified atom stereocenters. The number of hydrogen-bond donors (Lipinski definition) is 6. The molecule has 0 aliphatic carbocycles. The number of phenols is 2. The summed E-state index contributed by atoms with van der Waals surface area (Å²) in [5.41, 5.74) is 1.65. The van der Waals surface area contributed by atoms with Crippen LogP contribution >= 0.6 is 15.9 Å². The predicted molar refractivity (Wildman–Crippen MR) is 153 cm³/mol. The van der Waals surface area contributed by atoms with Gasteiger partial charge in [-0.2, -0.15) is 5.26 Å². The Hall–Kier alpha value is -5.28. The van der Waals surface area contributed by atoms with Gasteiger partial charge in [-0.25, -0.2) is 14.0 Å². The van der Waals surface area contributed by atoms with E-state index in [1.807, 2.05) is 12.1 Å². The topological polar surface area (TPSA) is 156 Å². The van der Waals surface area contributed by atoms with Crippen molar-refractivity contribution in [1.29, 1.82) is 5.26 Å². The number of para-hydroxylation sites is 1. The van der Waals surface area contributed by atoms with Gasteiger partial charge in [0.1, 0.15) is 23.1 Å². The number of nitrogens with one attached hydrogen (secondary N) is 4. The molecule has 0 aromatic heterocycles. The lowest BCUT2D eigenvalue weighted by molar-refractivity contribution is 0.261. The molecule has 10 nitrogen and oxygen atoms in total. The molecule has 4 aromatic rings. The third-order valence-corrected chi connectivity index (χ3v) is 5.72. The fraction of sp³-hybridized carbons (Fsp3) is 0.0357. The summed E-state index contributed by atoms with van der Waals surface area (Å²) in [6, 6.07) is 22.3. The van der Waals surface area contributed by atoms with Crippen molar-refractivity contribution >= 4 is 50.7 Å². The third kappa shape index (κ3) is 8.64. The highest BCUT2D eigenvalue weighted by atomic mass is 79.9. The number of hydrogen-bond acceptors (Lipinski definition) is 6. The van der Waals surface area contributed by atoms with Gasteiger partial charge >= 0.3 is 12.1 Å². The van der Waals surface area contributed by atoms with Gasteiger partial charge < -0.3 is 36.2 Å². The van der Waals surface area contributed by atoms with Crippen molar-refractivity contribution in [2.75, 3.05) is 28.4 Å². The lowest BCUT2D eigenvalue weighted by Crippen LogP contribution is -2.19. The van der Waals surface area contributed by atoms with Gasteiger partial charge in [-0.1, -0.05) is 18.2 Å². The first-order chi connectivity index (χ1) is 19.2. The molecular weight excluding hydrogens is 585 g/mol.